The summed E-state index contributed by atoms with van der Waals surface area (Å²) in [7, 11) is -3.89. The number of nitrogens with one attached hydrogen (secondary N) is 1. The summed E-state index contributed by atoms with van der Waals surface area (Å²) < 4.78 is 34.1. The van der Waals surface area contributed by atoms with Crippen molar-refractivity contribution in [2.45, 2.75) is 10.9 Å². The number of ether oxygens (including phenoxy) is 1. The van der Waals surface area contributed by atoms with Crippen LogP contribution in [0.3, 0.4) is 0 Å². The van der Waals surface area contributed by atoms with Crippen molar-refractivity contribution in [3.8, 4) is 0 Å². The SMILES string of the molecule is Cl.O=S(=O)(NC(CN1CCOCC1)c1ccccc1)c1c(Cl)cccc1Cl. The Bertz CT molecular complexity index is 824. The first-order chi connectivity index (χ1) is 12.5. The van der Waals surface area contributed by atoms with Crippen LogP contribution in [-0.2, 0) is 14.8 Å². The van der Waals surface area contributed by atoms with E-state index in [0.29, 0.717) is 19.8 Å². The highest BCUT2D eigenvalue weighted by atomic mass is 35.5. The average molecular weight is 452 g/mol. The molecule has 0 amide bonds. The van der Waals surface area contributed by atoms with E-state index >= 15 is 0 Å². The molecule has 3 rings (SSSR count). The van der Waals surface area contributed by atoms with Crippen LogP contribution in [0.25, 0.3) is 0 Å². The van der Waals surface area contributed by atoms with E-state index in [1.165, 1.54) is 12.1 Å². The van der Waals surface area contributed by atoms with E-state index in [2.05, 4.69) is 9.62 Å². The monoisotopic (exact) mass is 450 g/mol. The largest absolute Gasteiger partial charge is 0.379 e. The topological polar surface area (TPSA) is 58.6 Å². The van der Waals surface area contributed by atoms with Crippen molar-refractivity contribution in [3.05, 3.63) is 64.1 Å². The molecule has 27 heavy (non-hydrogen) atoms. The third-order valence-corrected chi connectivity index (χ3v) is 6.66. The van der Waals surface area contributed by atoms with Gasteiger partial charge < -0.3 is 4.74 Å². The zero-order chi connectivity index (χ0) is 18.6. The van der Waals surface area contributed by atoms with Gasteiger partial charge in [-0.25, -0.2) is 13.1 Å². The zero-order valence-corrected chi connectivity index (χ0v) is 17.6. The van der Waals surface area contributed by atoms with Crippen LogP contribution in [0, 0.1) is 0 Å². The van der Waals surface area contributed by atoms with Crippen molar-refractivity contribution >= 4 is 45.6 Å². The van der Waals surface area contributed by atoms with Crippen LogP contribution < -0.4 is 4.72 Å². The molecule has 2 aromatic rings. The summed E-state index contributed by atoms with van der Waals surface area (Å²) in [5.41, 5.74) is 0.880. The number of hydrogen-bond donors (Lipinski definition) is 1. The molecule has 148 valence electrons. The second-order valence-corrected chi connectivity index (χ2v) is 8.51. The predicted octanol–water partition coefficient (Wildman–Crippen LogP) is 3.77. The van der Waals surface area contributed by atoms with Crippen molar-refractivity contribution in [2.24, 2.45) is 0 Å². The molecular weight excluding hydrogens is 431 g/mol. The standard InChI is InChI=1S/C18H20Cl2N2O3S.ClH/c19-15-7-4-8-16(20)18(15)26(23,24)21-17(14-5-2-1-3-6-14)13-22-9-11-25-12-10-22;/h1-8,17,21H,9-13H2;1H. The molecule has 5 nitrogen and oxygen atoms in total. The van der Waals surface area contributed by atoms with E-state index in [1.54, 1.807) is 6.07 Å². The van der Waals surface area contributed by atoms with Crippen LogP contribution in [0.1, 0.15) is 11.6 Å². The average Bonchev–Trinajstić information content (AvgIpc) is 2.62. The van der Waals surface area contributed by atoms with E-state index in [0.717, 1.165) is 18.7 Å². The molecule has 0 aromatic heterocycles. The molecule has 0 spiro atoms. The van der Waals surface area contributed by atoms with Crippen LogP contribution >= 0.6 is 35.6 Å². The minimum absolute atomic E-state index is 0. The summed E-state index contributed by atoms with van der Waals surface area (Å²) in [6.45, 7) is 3.35. The van der Waals surface area contributed by atoms with Crippen LogP contribution in [0.4, 0.5) is 0 Å². The van der Waals surface area contributed by atoms with Gasteiger partial charge in [-0.3, -0.25) is 4.90 Å². The van der Waals surface area contributed by atoms with Crippen LogP contribution in [0.15, 0.2) is 53.4 Å². The molecular formula is C18H21Cl3N2O3S. The maximum absolute atomic E-state index is 13.0. The molecule has 2 aromatic carbocycles. The van der Waals surface area contributed by atoms with Gasteiger partial charge in [0.1, 0.15) is 4.90 Å². The lowest BCUT2D eigenvalue weighted by molar-refractivity contribution is 0.0345. The maximum Gasteiger partial charge on any atom is 0.244 e. The van der Waals surface area contributed by atoms with Crippen molar-refractivity contribution in [2.75, 3.05) is 32.8 Å². The van der Waals surface area contributed by atoms with Crippen molar-refractivity contribution in [1.29, 1.82) is 0 Å². The third-order valence-electron chi connectivity index (χ3n) is 4.23. The summed E-state index contributed by atoms with van der Waals surface area (Å²) >= 11 is 12.2. The molecule has 1 heterocycles. The third kappa shape index (κ3) is 5.81. The minimum atomic E-state index is -3.89. The van der Waals surface area contributed by atoms with Gasteiger partial charge in [0.15, 0.2) is 0 Å². The summed E-state index contributed by atoms with van der Waals surface area (Å²) in [6, 6.07) is 13.7. The van der Waals surface area contributed by atoms with E-state index in [4.69, 9.17) is 27.9 Å². The Labute approximate surface area is 176 Å². The fraction of sp³-hybridized carbons (Fsp3) is 0.333. The molecule has 1 N–H and O–H groups in total. The Morgan fingerprint density at radius 3 is 2.19 bits per heavy atom. The summed E-state index contributed by atoms with van der Waals surface area (Å²) in [4.78, 5) is 2.09. The Kier molecular flexibility index (Phi) is 8.37. The van der Waals surface area contributed by atoms with E-state index in [-0.39, 0.29) is 27.3 Å². The Morgan fingerprint density at radius 1 is 1.00 bits per heavy atom. The molecule has 9 heteroatoms. The predicted molar refractivity (Wildman–Crippen MR) is 110 cm³/mol. The highest BCUT2D eigenvalue weighted by molar-refractivity contribution is 7.89. The Morgan fingerprint density at radius 2 is 1.59 bits per heavy atom. The Hall–Kier alpha value is -0.860. The second kappa shape index (κ2) is 10.1. The molecule has 1 saturated heterocycles. The van der Waals surface area contributed by atoms with Gasteiger partial charge in [-0.1, -0.05) is 59.6 Å². The van der Waals surface area contributed by atoms with Gasteiger partial charge in [-0.05, 0) is 17.7 Å². The number of sulfonamides is 1. The molecule has 1 fully saturated rings. The Balaban J connectivity index is 0.00000261. The molecule has 1 aliphatic heterocycles. The van der Waals surface area contributed by atoms with Gasteiger partial charge in [-0.15, -0.1) is 12.4 Å². The van der Waals surface area contributed by atoms with E-state index < -0.39 is 16.1 Å². The first-order valence-corrected chi connectivity index (χ1v) is 10.5. The van der Waals surface area contributed by atoms with Crippen LogP contribution in [-0.4, -0.2) is 46.2 Å². The number of rotatable bonds is 6. The van der Waals surface area contributed by atoms with Gasteiger partial charge >= 0.3 is 0 Å². The fourth-order valence-electron chi connectivity index (χ4n) is 2.92. The number of halogens is 3. The van der Waals surface area contributed by atoms with Crippen LogP contribution in [0.2, 0.25) is 10.0 Å². The van der Waals surface area contributed by atoms with Gasteiger partial charge in [0, 0.05) is 19.6 Å². The highest BCUT2D eigenvalue weighted by Gasteiger charge is 2.27. The van der Waals surface area contributed by atoms with E-state index in [1.807, 2.05) is 30.3 Å². The molecule has 1 aliphatic rings. The number of benzene rings is 2. The lowest BCUT2D eigenvalue weighted by Crippen LogP contribution is -2.43. The number of hydrogen-bond acceptors (Lipinski definition) is 4. The minimum Gasteiger partial charge on any atom is -0.379 e. The zero-order valence-electron chi connectivity index (χ0n) is 14.5. The smallest absolute Gasteiger partial charge is 0.244 e. The molecule has 0 radical (unpaired) electrons. The maximum atomic E-state index is 13.0. The quantitative estimate of drug-likeness (QED) is 0.726. The first-order valence-electron chi connectivity index (χ1n) is 8.29. The van der Waals surface area contributed by atoms with Gasteiger partial charge in [0.05, 0.1) is 29.3 Å². The highest BCUT2D eigenvalue weighted by Crippen LogP contribution is 2.30. The van der Waals surface area contributed by atoms with Crippen LogP contribution in [0.5, 0.6) is 0 Å². The lowest BCUT2D eigenvalue weighted by atomic mass is 10.1. The molecule has 0 bridgehead atoms. The van der Waals surface area contributed by atoms with Gasteiger partial charge in [-0.2, -0.15) is 0 Å². The van der Waals surface area contributed by atoms with Crippen molar-refractivity contribution < 1.29 is 13.2 Å². The molecule has 0 aliphatic carbocycles. The summed E-state index contributed by atoms with van der Waals surface area (Å²) in [5.74, 6) is 0. The van der Waals surface area contributed by atoms with Crippen molar-refractivity contribution in [3.63, 3.8) is 0 Å². The molecule has 1 atom stereocenters. The normalized spacial score (nSPS) is 16.5. The summed E-state index contributed by atoms with van der Waals surface area (Å²) in [6.07, 6.45) is 0. The van der Waals surface area contributed by atoms with Gasteiger partial charge in [0.2, 0.25) is 10.0 Å². The fourth-order valence-corrected chi connectivity index (χ4v) is 5.28. The summed E-state index contributed by atoms with van der Waals surface area (Å²) in [5, 5.41) is 0.200. The van der Waals surface area contributed by atoms with Gasteiger partial charge in [0.25, 0.3) is 0 Å². The second-order valence-electron chi connectivity index (χ2n) is 6.05. The van der Waals surface area contributed by atoms with E-state index in [9.17, 15) is 8.42 Å². The number of morpholine rings is 1. The number of nitrogens with zero attached hydrogens (tertiary/aromatic N) is 1. The molecule has 1 unspecified atom stereocenters. The first kappa shape index (κ1) is 22.4. The molecule has 0 saturated carbocycles. The lowest BCUT2D eigenvalue weighted by Gasteiger charge is -2.31. The van der Waals surface area contributed by atoms with Crippen molar-refractivity contribution in [1.82, 2.24) is 9.62 Å².